The smallest absolute Gasteiger partial charge is 0.409 e. The van der Waals surface area contributed by atoms with Gasteiger partial charge in [-0.05, 0) is 37.3 Å². The minimum absolute atomic E-state index is 0.101. The first-order chi connectivity index (χ1) is 18.1. The Bertz CT molecular complexity index is 1410. The number of pyridine rings is 2. The molecule has 2 aliphatic heterocycles. The molecule has 2 aliphatic rings. The van der Waals surface area contributed by atoms with E-state index in [4.69, 9.17) is 43.8 Å². The summed E-state index contributed by atoms with van der Waals surface area (Å²) in [6.45, 7) is 4.68. The van der Waals surface area contributed by atoms with Crippen molar-refractivity contribution >= 4 is 46.5 Å². The molecule has 3 aromatic rings. The molecule has 198 valence electrons. The van der Waals surface area contributed by atoms with Gasteiger partial charge in [0.25, 0.3) is 0 Å². The first-order valence-electron chi connectivity index (χ1n) is 11.8. The van der Waals surface area contributed by atoms with Crippen LogP contribution in [0, 0.1) is 16.8 Å². The molecule has 0 radical (unpaired) electrons. The summed E-state index contributed by atoms with van der Waals surface area (Å²) in [5.41, 5.74) is 8.18. The molecule has 3 N–H and O–H groups in total. The average Bonchev–Trinajstić information content (AvgIpc) is 2.85. The molecule has 12 heteroatoms. The quantitative estimate of drug-likeness (QED) is 0.249. The molecule has 0 saturated carbocycles. The molecule has 0 unspecified atom stereocenters. The monoisotopic (exact) mass is 558 g/mol. The summed E-state index contributed by atoms with van der Waals surface area (Å²) in [5, 5.41) is 8.71. The number of rotatable bonds is 6. The highest BCUT2D eigenvalue weighted by molar-refractivity contribution is 6.35. The number of nitrogen functional groups attached to an aromatic ring is 1. The second kappa shape index (κ2) is 9.92. The number of nitrogens with zero attached hydrogens (tertiary/aromatic N) is 4. The normalized spacial score (nSPS) is 16.4. The van der Waals surface area contributed by atoms with Gasteiger partial charge in [-0.3, -0.25) is 5.41 Å². The van der Waals surface area contributed by atoms with E-state index in [2.05, 4.69) is 14.9 Å². The van der Waals surface area contributed by atoms with E-state index < -0.39 is 12.1 Å². The number of likely N-dealkylation sites (tertiary alicyclic amines) is 1. The Morgan fingerprint density at radius 2 is 1.89 bits per heavy atom. The number of aromatic nitrogens is 2. The lowest BCUT2D eigenvalue weighted by Crippen LogP contribution is -2.73. The Hall–Kier alpha value is -3.63. The van der Waals surface area contributed by atoms with Crippen molar-refractivity contribution in [2.75, 3.05) is 43.9 Å². The van der Waals surface area contributed by atoms with Crippen LogP contribution in [-0.2, 0) is 4.74 Å². The van der Waals surface area contributed by atoms with E-state index in [0.29, 0.717) is 35.7 Å². The molecule has 0 aliphatic carbocycles. The molecule has 38 heavy (non-hydrogen) atoms. The predicted molar refractivity (Wildman–Crippen MR) is 143 cm³/mol. The molecule has 9 nitrogen and oxygen atoms in total. The van der Waals surface area contributed by atoms with E-state index in [-0.39, 0.29) is 32.8 Å². The van der Waals surface area contributed by atoms with Gasteiger partial charge in [-0.15, -0.1) is 0 Å². The molecule has 1 amide bonds. The Labute approximate surface area is 228 Å². The number of carbonyl (C=O) groups is 1. The lowest BCUT2D eigenvalue weighted by Gasteiger charge is -2.59. The van der Waals surface area contributed by atoms with Gasteiger partial charge in [-0.25, -0.2) is 14.8 Å². The van der Waals surface area contributed by atoms with Gasteiger partial charge in [0.2, 0.25) is 5.95 Å². The van der Waals surface area contributed by atoms with E-state index in [1.165, 1.54) is 13.3 Å². The van der Waals surface area contributed by atoms with Crippen LogP contribution in [0.3, 0.4) is 0 Å². The second-order valence-electron chi connectivity index (χ2n) is 9.60. The number of nitrogens with one attached hydrogen (secondary N) is 1. The van der Waals surface area contributed by atoms with Crippen LogP contribution in [0.1, 0.15) is 29.7 Å². The van der Waals surface area contributed by atoms with Gasteiger partial charge in [0, 0.05) is 66.4 Å². The summed E-state index contributed by atoms with van der Waals surface area (Å²) >= 11 is 12.2. The van der Waals surface area contributed by atoms with Gasteiger partial charge in [0.05, 0.1) is 17.8 Å². The third-order valence-corrected chi connectivity index (χ3v) is 7.54. The number of benzene rings is 1. The van der Waals surface area contributed by atoms with Crippen LogP contribution in [0.2, 0.25) is 10.0 Å². The molecule has 2 saturated heterocycles. The third kappa shape index (κ3) is 4.69. The van der Waals surface area contributed by atoms with Crippen molar-refractivity contribution in [1.29, 1.82) is 5.41 Å². The molecular weight excluding hydrogens is 534 g/mol. The van der Waals surface area contributed by atoms with Gasteiger partial charge in [0.15, 0.2) is 0 Å². The molecule has 1 aromatic carbocycles. The van der Waals surface area contributed by atoms with E-state index >= 15 is 0 Å². The zero-order valence-electron chi connectivity index (χ0n) is 20.7. The van der Waals surface area contributed by atoms with Crippen molar-refractivity contribution in [2.45, 2.75) is 13.0 Å². The van der Waals surface area contributed by atoms with Crippen LogP contribution in [-0.4, -0.2) is 60.0 Å². The number of methoxy groups -OCH3 is 1. The molecule has 2 fully saturated rings. The van der Waals surface area contributed by atoms with Crippen LogP contribution in [0.25, 0.3) is 0 Å². The highest BCUT2D eigenvalue weighted by Gasteiger charge is 2.53. The van der Waals surface area contributed by atoms with Crippen LogP contribution >= 0.6 is 23.2 Å². The fourth-order valence-electron chi connectivity index (χ4n) is 4.94. The highest BCUT2D eigenvalue weighted by Crippen LogP contribution is 2.41. The minimum Gasteiger partial charge on any atom is -0.486 e. The van der Waals surface area contributed by atoms with E-state index in [0.717, 1.165) is 18.9 Å². The summed E-state index contributed by atoms with van der Waals surface area (Å²) in [6, 6.07) is 8.63. The van der Waals surface area contributed by atoms with Crippen molar-refractivity contribution in [3.63, 3.8) is 0 Å². The van der Waals surface area contributed by atoms with E-state index in [9.17, 15) is 9.18 Å². The number of hydrogen-bond donors (Lipinski definition) is 2. The molecule has 2 aromatic heterocycles. The summed E-state index contributed by atoms with van der Waals surface area (Å²) < 4.78 is 24.6. The van der Waals surface area contributed by atoms with E-state index in [1.54, 1.807) is 36.2 Å². The zero-order chi connectivity index (χ0) is 27.2. The molecule has 1 spiro atoms. The van der Waals surface area contributed by atoms with Gasteiger partial charge in [-0.2, -0.15) is 4.39 Å². The number of amides is 1. The van der Waals surface area contributed by atoms with Gasteiger partial charge in [0.1, 0.15) is 22.7 Å². The Kier molecular flexibility index (Phi) is 6.79. The average molecular weight is 559 g/mol. The fourth-order valence-corrected chi connectivity index (χ4v) is 5.59. The van der Waals surface area contributed by atoms with Gasteiger partial charge < -0.3 is 25.0 Å². The van der Waals surface area contributed by atoms with Crippen LogP contribution in [0.5, 0.6) is 5.75 Å². The van der Waals surface area contributed by atoms with Gasteiger partial charge in [-0.1, -0.05) is 23.2 Å². The van der Waals surface area contributed by atoms with Crippen LogP contribution < -0.4 is 15.4 Å². The number of hydrogen-bond acceptors (Lipinski definition) is 8. The third-order valence-electron chi connectivity index (χ3n) is 6.88. The molecular formula is C26H25Cl2FN6O3. The predicted octanol–water partition coefficient (Wildman–Crippen LogP) is 4.95. The van der Waals surface area contributed by atoms with Crippen LogP contribution in [0.4, 0.5) is 20.7 Å². The van der Waals surface area contributed by atoms with Crippen molar-refractivity contribution in [3.05, 3.63) is 75.4 Å². The number of anilines is 2. The molecule has 1 atom stereocenters. The molecule has 4 heterocycles. The Balaban J connectivity index is 1.26. The van der Waals surface area contributed by atoms with Crippen molar-refractivity contribution in [2.24, 2.45) is 5.41 Å². The van der Waals surface area contributed by atoms with Gasteiger partial charge >= 0.3 is 6.09 Å². The van der Waals surface area contributed by atoms with Crippen molar-refractivity contribution in [1.82, 2.24) is 14.9 Å². The summed E-state index contributed by atoms with van der Waals surface area (Å²) in [4.78, 5) is 23.5. The maximum absolute atomic E-state index is 13.9. The lowest BCUT2D eigenvalue weighted by atomic mass is 9.73. The van der Waals surface area contributed by atoms with Crippen molar-refractivity contribution in [3.8, 4) is 5.75 Å². The number of nitrogens with two attached hydrogens (primary N) is 1. The summed E-state index contributed by atoms with van der Waals surface area (Å²) in [6.07, 6.45) is 1.84. The standard InChI is InChI=1S/C26H25Cl2FN6O3/c1-14(21-18(27)9-33-24(29)22(21)28)38-16-4-5-19(30)17(7-16)23(31)15-3-6-20(32-8-15)34-10-26(11-34)12-35(13-26)25(36)37-2/h3-9,14,31H,10-13,30H2,1-2H3/t14-/m1/s1. The number of halogens is 3. The summed E-state index contributed by atoms with van der Waals surface area (Å²) in [7, 11) is 1.39. The Morgan fingerprint density at radius 3 is 2.55 bits per heavy atom. The topological polar surface area (TPSA) is 118 Å². The molecule has 5 rings (SSSR count). The fraction of sp³-hybridized carbons (Fsp3) is 0.308. The van der Waals surface area contributed by atoms with Crippen molar-refractivity contribution < 1.29 is 18.7 Å². The van der Waals surface area contributed by atoms with Crippen LogP contribution in [0.15, 0.2) is 42.7 Å². The first kappa shape index (κ1) is 26.0. The SMILES string of the molecule is COC(=O)N1CC2(C1)CN(c1ccc(C(=N)c3cc(O[C@H](C)c4c(Cl)cnc(F)c4Cl)ccc3N)cn1)C2. The molecule has 0 bridgehead atoms. The second-order valence-corrected chi connectivity index (χ2v) is 10.4. The zero-order valence-corrected chi connectivity index (χ0v) is 22.2. The largest absolute Gasteiger partial charge is 0.486 e. The summed E-state index contributed by atoms with van der Waals surface area (Å²) in [5.74, 6) is 0.384. The number of carbonyl (C=O) groups excluding carboxylic acids is 1. The van der Waals surface area contributed by atoms with E-state index in [1.807, 2.05) is 12.1 Å². The first-order valence-corrected chi connectivity index (χ1v) is 12.5. The number of ether oxygens (including phenoxy) is 2. The Morgan fingerprint density at radius 1 is 1.16 bits per heavy atom. The maximum Gasteiger partial charge on any atom is 0.409 e. The highest BCUT2D eigenvalue weighted by atomic mass is 35.5. The maximum atomic E-state index is 13.9. The lowest BCUT2D eigenvalue weighted by molar-refractivity contribution is -0.0153. The minimum atomic E-state index is -0.832.